The van der Waals surface area contributed by atoms with Crippen molar-refractivity contribution in [1.29, 1.82) is 0 Å². The van der Waals surface area contributed by atoms with Gasteiger partial charge in [0, 0.05) is 24.6 Å². The van der Waals surface area contributed by atoms with Crippen LogP contribution in [0.2, 0.25) is 0 Å². The number of nitrogens with one attached hydrogen (secondary N) is 1. The number of fused-ring (bicyclic) bond motifs is 1. The number of aliphatic hydroxyl groups excluding tert-OH is 1. The lowest BCUT2D eigenvalue weighted by atomic mass is 10.1. The molecule has 2 rings (SSSR count). The highest BCUT2D eigenvalue weighted by Gasteiger charge is 2.14. The Balaban J connectivity index is 2.20. The molecule has 2 N–H and O–H groups in total. The number of allylic oxidation sites excluding steroid dienone is 2. The highest BCUT2D eigenvalue weighted by Crippen LogP contribution is 2.16. The Morgan fingerprint density at radius 3 is 3.25 bits per heavy atom. The fourth-order valence-electron chi connectivity index (χ4n) is 1.40. The van der Waals surface area contributed by atoms with Crippen LogP contribution in [0, 0.1) is 0 Å². The number of aliphatic hydroxyl groups is 1. The summed E-state index contributed by atoms with van der Waals surface area (Å²) < 4.78 is 0. The Kier molecular flexibility index (Phi) is 1.87. The molecule has 0 atom stereocenters. The fraction of sp³-hybridized carbons (Fsp3) is 0.333. The molecule has 2 aliphatic heterocycles. The van der Waals surface area contributed by atoms with Crippen molar-refractivity contribution >= 4 is 0 Å². The van der Waals surface area contributed by atoms with Gasteiger partial charge in [0.05, 0.1) is 13.2 Å². The molecule has 0 aromatic heterocycles. The molecule has 3 nitrogen and oxygen atoms in total. The summed E-state index contributed by atoms with van der Waals surface area (Å²) in [6.07, 6.45) is 7.97. The van der Waals surface area contributed by atoms with E-state index in [9.17, 15) is 0 Å². The van der Waals surface area contributed by atoms with Gasteiger partial charge >= 0.3 is 0 Å². The van der Waals surface area contributed by atoms with Gasteiger partial charge in [0.25, 0.3) is 0 Å². The van der Waals surface area contributed by atoms with E-state index in [-0.39, 0.29) is 6.61 Å². The van der Waals surface area contributed by atoms with Gasteiger partial charge in [0.15, 0.2) is 0 Å². The third-order valence-corrected chi connectivity index (χ3v) is 2.11. The fourth-order valence-corrected chi connectivity index (χ4v) is 1.40. The lowest BCUT2D eigenvalue weighted by Crippen LogP contribution is -2.32. The maximum atomic E-state index is 8.92. The largest absolute Gasteiger partial charge is 0.392 e. The first-order chi connectivity index (χ1) is 5.90. The van der Waals surface area contributed by atoms with E-state index in [2.05, 4.69) is 10.2 Å². The van der Waals surface area contributed by atoms with Gasteiger partial charge < -0.3 is 15.3 Å². The van der Waals surface area contributed by atoms with Crippen molar-refractivity contribution in [3.05, 3.63) is 35.8 Å². The van der Waals surface area contributed by atoms with Gasteiger partial charge in [0.1, 0.15) is 0 Å². The molecule has 64 valence electrons. The summed E-state index contributed by atoms with van der Waals surface area (Å²) in [5, 5.41) is 12.1. The predicted molar refractivity (Wildman–Crippen MR) is 47.1 cm³/mol. The van der Waals surface area contributed by atoms with Crippen LogP contribution in [0.15, 0.2) is 35.8 Å². The van der Waals surface area contributed by atoms with Crippen LogP contribution in [0.1, 0.15) is 0 Å². The van der Waals surface area contributed by atoms with Crippen molar-refractivity contribution < 1.29 is 5.11 Å². The quantitative estimate of drug-likeness (QED) is 0.580. The van der Waals surface area contributed by atoms with Crippen LogP contribution in [0.4, 0.5) is 0 Å². The van der Waals surface area contributed by atoms with Gasteiger partial charge in [-0.2, -0.15) is 0 Å². The average molecular weight is 164 g/mol. The lowest BCUT2D eigenvalue weighted by Gasteiger charge is -2.30. The van der Waals surface area contributed by atoms with E-state index in [4.69, 9.17) is 5.11 Å². The second-order valence-corrected chi connectivity index (χ2v) is 2.97. The van der Waals surface area contributed by atoms with Crippen molar-refractivity contribution in [3.63, 3.8) is 0 Å². The summed E-state index contributed by atoms with van der Waals surface area (Å²) >= 11 is 0. The predicted octanol–water partition coefficient (Wildman–Crippen LogP) is 0.179. The van der Waals surface area contributed by atoms with E-state index in [0.717, 1.165) is 18.7 Å². The number of hydrogen-bond acceptors (Lipinski definition) is 3. The third kappa shape index (κ3) is 1.23. The Labute approximate surface area is 71.7 Å². The van der Waals surface area contributed by atoms with E-state index in [1.807, 2.05) is 24.6 Å². The molecule has 2 heterocycles. The van der Waals surface area contributed by atoms with Crippen molar-refractivity contribution in [2.45, 2.75) is 0 Å². The van der Waals surface area contributed by atoms with Crippen LogP contribution in [-0.4, -0.2) is 29.7 Å². The molecule has 12 heavy (non-hydrogen) atoms. The molecule has 3 heteroatoms. The van der Waals surface area contributed by atoms with Gasteiger partial charge in [-0.25, -0.2) is 0 Å². The normalized spacial score (nSPS) is 20.9. The average Bonchev–Trinajstić information content (AvgIpc) is 2.17. The highest BCUT2D eigenvalue weighted by molar-refractivity contribution is 5.28. The summed E-state index contributed by atoms with van der Waals surface area (Å²) in [6.45, 7) is 1.85. The van der Waals surface area contributed by atoms with Crippen molar-refractivity contribution in [2.24, 2.45) is 0 Å². The molecular formula is C9H12N2O. The first kappa shape index (κ1) is 7.43. The smallest absolute Gasteiger partial charge is 0.0662 e. The second kappa shape index (κ2) is 3.03. The van der Waals surface area contributed by atoms with Gasteiger partial charge in [-0.1, -0.05) is 6.08 Å². The van der Waals surface area contributed by atoms with E-state index in [1.54, 1.807) is 0 Å². The zero-order valence-electron chi connectivity index (χ0n) is 6.83. The molecule has 0 spiro atoms. The molecule has 0 aromatic rings. The summed E-state index contributed by atoms with van der Waals surface area (Å²) in [5.41, 5.74) is 2.32. The Hall–Kier alpha value is -1.22. The number of hydrogen-bond donors (Lipinski definition) is 2. The third-order valence-electron chi connectivity index (χ3n) is 2.11. The molecular weight excluding hydrogens is 152 g/mol. The lowest BCUT2D eigenvalue weighted by molar-refractivity contribution is 0.314. The molecule has 0 unspecified atom stereocenters. The second-order valence-electron chi connectivity index (χ2n) is 2.97. The Bertz CT molecular complexity index is 266. The monoisotopic (exact) mass is 164 g/mol. The van der Waals surface area contributed by atoms with Crippen molar-refractivity contribution in [2.75, 3.05) is 19.7 Å². The van der Waals surface area contributed by atoms with Crippen LogP contribution in [0.25, 0.3) is 0 Å². The molecule has 0 aromatic carbocycles. The highest BCUT2D eigenvalue weighted by atomic mass is 16.3. The molecule has 0 saturated carbocycles. The van der Waals surface area contributed by atoms with Crippen LogP contribution >= 0.6 is 0 Å². The summed E-state index contributed by atoms with van der Waals surface area (Å²) in [4.78, 5) is 2.14. The van der Waals surface area contributed by atoms with E-state index >= 15 is 0 Å². The van der Waals surface area contributed by atoms with Gasteiger partial charge in [-0.3, -0.25) is 0 Å². The maximum Gasteiger partial charge on any atom is 0.0662 e. The zero-order chi connectivity index (χ0) is 8.39. The first-order valence-corrected chi connectivity index (χ1v) is 4.06. The summed E-state index contributed by atoms with van der Waals surface area (Å²) in [5.74, 6) is 0. The van der Waals surface area contributed by atoms with Gasteiger partial charge in [-0.15, -0.1) is 0 Å². The SMILES string of the molecule is OCC1=CC=C2CNC=CN2C1. The van der Waals surface area contributed by atoms with Crippen LogP contribution in [0.5, 0.6) is 0 Å². The molecule has 0 aliphatic carbocycles. The summed E-state index contributed by atoms with van der Waals surface area (Å²) in [7, 11) is 0. The van der Waals surface area contributed by atoms with Gasteiger partial charge in [-0.05, 0) is 11.6 Å². The Morgan fingerprint density at radius 1 is 1.50 bits per heavy atom. The van der Waals surface area contributed by atoms with Crippen molar-refractivity contribution in [3.8, 4) is 0 Å². The standard InChI is InChI=1S/C9H12N2O/c12-7-8-1-2-9-5-10-3-4-11(9)6-8/h1-4,10,12H,5-7H2. The molecule has 2 aliphatic rings. The van der Waals surface area contributed by atoms with Crippen LogP contribution < -0.4 is 5.32 Å². The van der Waals surface area contributed by atoms with E-state index < -0.39 is 0 Å². The number of rotatable bonds is 1. The first-order valence-electron chi connectivity index (χ1n) is 4.06. The molecule has 0 bridgehead atoms. The zero-order valence-corrected chi connectivity index (χ0v) is 6.83. The van der Waals surface area contributed by atoms with Crippen LogP contribution in [-0.2, 0) is 0 Å². The molecule has 0 saturated heterocycles. The van der Waals surface area contributed by atoms with Gasteiger partial charge in [0.2, 0.25) is 0 Å². The van der Waals surface area contributed by atoms with Crippen molar-refractivity contribution in [1.82, 2.24) is 10.2 Å². The maximum absolute atomic E-state index is 8.92. The van der Waals surface area contributed by atoms with E-state index in [0.29, 0.717) is 0 Å². The molecule has 0 fully saturated rings. The van der Waals surface area contributed by atoms with Crippen LogP contribution in [0.3, 0.4) is 0 Å². The number of nitrogens with zero attached hydrogens (tertiary/aromatic N) is 1. The van der Waals surface area contributed by atoms with E-state index in [1.165, 1.54) is 5.70 Å². The summed E-state index contributed by atoms with van der Waals surface area (Å²) in [6, 6.07) is 0. The minimum atomic E-state index is 0.154. The Morgan fingerprint density at radius 2 is 2.42 bits per heavy atom. The molecule has 0 radical (unpaired) electrons. The minimum Gasteiger partial charge on any atom is -0.392 e. The molecule has 0 amide bonds. The minimum absolute atomic E-state index is 0.154. The topological polar surface area (TPSA) is 35.5 Å².